The van der Waals surface area contributed by atoms with Crippen molar-refractivity contribution >= 4 is 5.78 Å². The van der Waals surface area contributed by atoms with Crippen LogP contribution < -0.4 is 15.0 Å². The lowest BCUT2D eigenvalue weighted by atomic mass is 10.1. The van der Waals surface area contributed by atoms with Crippen LogP contribution in [0.2, 0.25) is 0 Å². The van der Waals surface area contributed by atoms with Gasteiger partial charge in [0, 0.05) is 31.9 Å². The fourth-order valence-electron chi connectivity index (χ4n) is 2.74. The monoisotopic (exact) mass is 422 g/mol. The van der Waals surface area contributed by atoms with Crippen molar-refractivity contribution in [1.29, 1.82) is 0 Å². The molecule has 0 unspecified atom stereocenters. The second-order valence-corrected chi connectivity index (χ2v) is 6.27. The van der Waals surface area contributed by atoms with Gasteiger partial charge in [-0.25, -0.2) is 9.67 Å². The fraction of sp³-hybridized carbons (Fsp3) is 0.263. The van der Waals surface area contributed by atoms with Crippen molar-refractivity contribution in [2.45, 2.75) is 12.6 Å². The van der Waals surface area contributed by atoms with E-state index in [1.54, 1.807) is 13.1 Å². The van der Waals surface area contributed by atoms with Crippen molar-refractivity contribution < 1.29 is 27.4 Å². The van der Waals surface area contributed by atoms with Crippen LogP contribution in [0.3, 0.4) is 0 Å². The molecule has 11 heteroatoms. The molecule has 0 bridgehead atoms. The molecule has 0 aliphatic carbocycles. The lowest BCUT2D eigenvalue weighted by Gasteiger charge is -2.10. The average Bonchev–Trinajstić information content (AvgIpc) is 3.07. The van der Waals surface area contributed by atoms with Gasteiger partial charge in [0.1, 0.15) is 0 Å². The first-order valence-corrected chi connectivity index (χ1v) is 8.65. The first-order chi connectivity index (χ1) is 14.2. The van der Waals surface area contributed by atoms with Gasteiger partial charge in [-0.2, -0.15) is 18.3 Å². The largest absolute Gasteiger partial charge is 0.491 e. The number of alkyl halides is 3. The summed E-state index contributed by atoms with van der Waals surface area (Å²) in [6.07, 6.45) is -0.457. The van der Waals surface area contributed by atoms with Crippen LogP contribution in [0.5, 0.6) is 11.6 Å². The molecule has 3 aromatic heterocycles. The number of nitrogens with zero attached hydrogens (tertiary/aromatic N) is 4. The molecule has 0 radical (unpaired) electrons. The molecule has 3 aromatic rings. The van der Waals surface area contributed by atoms with Crippen molar-refractivity contribution in [2.75, 3.05) is 13.7 Å². The van der Waals surface area contributed by atoms with Gasteiger partial charge in [0.05, 0.1) is 18.9 Å². The summed E-state index contributed by atoms with van der Waals surface area (Å²) >= 11 is 0. The first kappa shape index (κ1) is 21.1. The van der Waals surface area contributed by atoms with E-state index in [0.29, 0.717) is 17.1 Å². The van der Waals surface area contributed by atoms with E-state index in [1.165, 1.54) is 53.1 Å². The van der Waals surface area contributed by atoms with E-state index in [0.717, 1.165) is 0 Å². The number of carbonyl (C=O) groups excluding carboxylic acids is 1. The van der Waals surface area contributed by atoms with Gasteiger partial charge in [-0.05, 0) is 17.7 Å². The number of rotatable bonds is 7. The van der Waals surface area contributed by atoms with Crippen molar-refractivity contribution in [1.82, 2.24) is 19.3 Å². The Morgan fingerprint density at radius 3 is 2.60 bits per heavy atom. The van der Waals surface area contributed by atoms with Crippen molar-refractivity contribution in [3.8, 4) is 17.4 Å². The molecule has 0 aliphatic rings. The molecule has 0 N–H and O–H groups in total. The smallest absolute Gasteiger partial charge is 0.422 e. The number of ketones is 1. The van der Waals surface area contributed by atoms with Crippen LogP contribution in [0, 0.1) is 0 Å². The maximum atomic E-state index is 12.9. The number of Topliss-reactive ketones (excluding diaryl/α,β-unsaturated/α-hetero) is 1. The average molecular weight is 422 g/mol. The predicted octanol–water partition coefficient (Wildman–Crippen LogP) is 2.34. The zero-order valence-electron chi connectivity index (χ0n) is 16.0. The molecule has 0 saturated heterocycles. The summed E-state index contributed by atoms with van der Waals surface area (Å²) in [5, 5.41) is 4.04. The molecule has 0 fully saturated rings. The maximum Gasteiger partial charge on any atom is 0.422 e. The maximum absolute atomic E-state index is 12.9. The van der Waals surface area contributed by atoms with Crippen LogP contribution in [0.1, 0.15) is 15.9 Å². The topological polar surface area (TPSA) is 88.2 Å². The van der Waals surface area contributed by atoms with Gasteiger partial charge in [-0.1, -0.05) is 6.07 Å². The number of carbonyl (C=O) groups is 1. The Hall–Kier alpha value is -3.63. The van der Waals surface area contributed by atoms with Gasteiger partial charge in [-0.15, -0.1) is 0 Å². The highest BCUT2D eigenvalue weighted by atomic mass is 19.4. The Kier molecular flexibility index (Phi) is 5.90. The number of aromatic nitrogens is 4. The van der Waals surface area contributed by atoms with E-state index in [9.17, 15) is 22.8 Å². The Balaban J connectivity index is 1.80. The summed E-state index contributed by atoms with van der Waals surface area (Å²) in [4.78, 5) is 29.3. The second-order valence-electron chi connectivity index (χ2n) is 6.27. The molecule has 8 nitrogen and oxygen atoms in total. The summed E-state index contributed by atoms with van der Waals surface area (Å²) < 4.78 is 49.0. The molecule has 3 rings (SSSR count). The van der Waals surface area contributed by atoms with E-state index in [4.69, 9.17) is 4.74 Å². The summed E-state index contributed by atoms with van der Waals surface area (Å²) in [6.45, 7) is -1.46. The minimum atomic E-state index is -4.47. The minimum Gasteiger partial charge on any atom is -0.491 e. The number of halogens is 3. The number of methoxy groups -OCH3 is 1. The van der Waals surface area contributed by atoms with Gasteiger partial charge in [0.2, 0.25) is 5.88 Å². The highest BCUT2D eigenvalue weighted by Gasteiger charge is 2.28. The van der Waals surface area contributed by atoms with Gasteiger partial charge >= 0.3 is 6.18 Å². The summed E-state index contributed by atoms with van der Waals surface area (Å²) in [5.74, 6) is 0.0444. The fourth-order valence-corrected chi connectivity index (χ4v) is 2.74. The zero-order valence-corrected chi connectivity index (χ0v) is 16.0. The third-order valence-electron chi connectivity index (χ3n) is 4.12. The molecule has 0 spiro atoms. The third kappa shape index (κ3) is 4.67. The summed E-state index contributed by atoms with van der Waals surface area (Å²) in [7, 11) is 3.07. The Labute approximate surface area is 168 Å². The molecule has 0 saturated carbocycles. The van der Waals surface area contributed by atoms with Crippen molar-refractivity contribution in [3.63, 3.8) is 0 Å². The van der Waals surface area contributed by atoms with Gasteiger partial charge in [0.25, 0.3) is 5.56 Å². The lowest BCUT2D eigenvalue weighted by Crippen LogP contribution is -2.27. The van der Waals surface area contributed by atoms with Crippen LogP contribution in [-0.2, 0) is 13.5 Å². The molecule has 3 heterocycles. The molecule has 0 aromatic carbocycles. The van der Waals surface area contributed by atoms with Crippen molar-refractivity contribution in [3.05, 3.63) is 64.3 Å². The van der Waals surface area contributed by atoms with Gasteiger partial charge in [-0.3, -0.25) is 14.2 Å². The Bertz CT molecular complexity index is 1100. The quantitative estimate of drug-likeness (QED) is 0.543. The molecular weight excluding hydrogens is 405 g/mol. The predicted molar refractivity (Wildman–Crippen MR) is 99.2 cm³/mol. The van der Waals surface area contributed by atoms with Crippen LogP contribution in [0.25, 0.3) is 5.82 Å². The molecule has 0 amide bonds. The van der Waals surface area contributed by atoms with Crippen LogP contribution >= 0.6 is 0 Å². The Morgan fingerprint density at radius 1 is 1.20 bits per heavy atom. The van der Waals surface area contributed by atoms with E-state index in [2.05, 4.69) is 14.8 Å². The Morgan fingerprint density at radius 2 is 1.97 bits per heavy atom. The molecular formula is C19H17F3N4O4. The van der Waals surface area contributed by atoms with Crippen LogP contribution in [0.15, 0.2) is 47.7 Å². The highest BCUT2D eigenvalue weighted by molar-refractivity contribution is 5.97. The van der Waals surface area contributed by atoms with E-state index in [-0.39, 0.29) is 17.9 Å². The number of pyridine rings is 2. The normalized spacial score (nSPS) is 11.4. The van der Waals surface area contributed by atoms with Gasteiger partial charge < -0.3 is 9.47 Å². The summed E-state index contributed by atoms with van der Waals surface area (Å²) in [5.41, 5.74) is -0.187. The number of hydrogen-bond acceptors (Lipinski definition) is 6. The minimum absolute atomic E-state index is 0.0573. The van der Waals surface area contributed by atoms with Gasteiger partial charge in [0.15, 0.2) is 24.0 Å². The zero-order chi connectivity index (χ0) is 21.9. The highest BCUT2D eigenvalue weighted by Crippen LogP contribution is 2.20. The third-order valence-corrected chi connectivity index (χ3v) is 4.12. The molecule has 30 heavy (non-hydrogen) atoms. The van der Waals surface area contributed by atoms with Crippen LogP contribution in [-0.4, -0.2) is 45.0 Å². The van der Waals surface area contributed by atoms with E-state index in [1.807, 2.05) is 0 Å². The number of aryl methyl sites for hydroxylation is 1. The SMILES string of the molecule is COc1cnn(C)c1-n1cccc(C(=O)Cc2ccc(OCC(F)(F)F)nc2)c1=O. The standard InChI is InChI=1S/C19H17F3N4O4/c1-25-17(15(29-2)10-24-25)26-7-3-4-13(18(26)28)14(27)8-12-5-6-16(23-9-12)30-11-19(20,21)22/h3-7,9-10H,8,11H2,1-2H3. The molecule has 0 aliphatic heterocycles. The second kappa shape index (κ2) is 8.39. The van der Waals surface area contributed by atoms with E-state index < -0.39 is 24.1 Å². The molecule has 0 atom stereocenters. The lowest BCUT2D eigenvalue weighted by molar-refractivity contribution is -0.154. The van der Waals surface area contributed by atoms with E-state index >= 15 is 0 Å². The number of hydrogen-bond donors (Lipinski definition) is 0. The van der Waals surface area contributed by atoms with Crippen molar-refractivity contribution in [2.24, 2.45) is 7.05 Å². The summed E-state index contributed by atoms with van der Waals surface area (Å²) in [6, 6.07) is 5.60. The number of ether oxygens (including phenoxy) is 2. The van der Waals surface area contributed by atoms with Crippen LogP contribution in [0.4, 0.5) is 13.2 Å². The molecule has 158 valence electrons. The first-order valence-electron chi connectivity index (χ1n) is 8.65.